The number of carboxylic acid groups (broad SMARTS) is 1. The molecule has 0 aliphatic rings. The highest BCUT2D eigenvalue weighted by atomic mass is 16.4. The van der Waals surface area contributed by atoms with E-state index >= 15 is 0 Å². The van der Waals surface area contributed by atoms with Gasteiger partial charge in [0.2, 0.25) is 0 Å². The zero-order valence-corrected chi connectivity index (χ0v) is 11.6. The Morgan fingerprint density at radius 2 is 1.70 bits per heavy atom. The van der Waals surface area contributed by atoms with Crippen molar-refractivity contribution in [2.24, 2.45) is 0 Å². The molecule has 0 spiro atoms. The first kappa shape index (κ1) is 14.3. The number of hydrogen-bond acceptors (Lipinski definition) is 2. The Kier molecular flexibility index (Phi) is 4.91. The van der Waals surface area contributed by atoms with E-state index in [1.807, 2.05) is 24.3 Å². The lowest BCUT2D eigenvalue weighted by Crippen LogP contribution is -2.18. The molecule has 20 heavy (non-hydrogen) atoms. The molecule has 3 heteroatoms. The van der Waals surface area contributed by atoms with Crippen LogP contribution in [0.3, 0.4) is 0 Å². The smallest absolute Gasteiger partial charge is 0.336 e. The van der Waals surface area contributed by atoms with Crippen LogP contribution in [0.25, 0.3) is 0 Å². The molecule has 0 fully saturated rings. The van der Waals surface area contributed by atoms with Crippen molar-refractivity contribution in [3.05, 3.63) is 70.8 Å². The zero-order chi connectivity index (χ0) is 14.4. The Labute approximate surface area is 119 Å². The van der Waals surface area contributed by atoms with Crippen LogP contribution in [0.4, 0.5) is 0 Å². The standard InChI is InChI=1S/C17H19NO2/c1-13-6-2-3-7-14(13)10-11-18-12-15-8-4-5-9-16(15)17(19)20/h2-9,18H,10-12H2,1H3,(H,19,20). The molecule has 104 valence electrons. The molecule has 0 amide bonds. The lowest BCUT2D eigenvalue weighted by molar-refractivity contribution is 0.0695. The van der Waals surface area contributed by atoms with E-state index in [1.54, 1.807) is 12.1 Å². The molecule has 3 nitrogen and oxygen atoms in total. The lowest BCUT2D eigenvalue weighted by atomic mass is 10.1. The van der Waals surface area contributed by atoms with E-state index in [0.29, 0.717) is 12.1 Å². The van der Waals surface area contributed by atoms with Gasteiger partial charge in [-0.1, -0.05) is 42.5 Å². The average Bonchev–Trinajstić information content (AvgIpc) is 2.45. The molecule has 0 aromatic heterocycles. The van der Waals surface area contributed by atoms with Crippen LogP contribution in [-0.2, 0) is 13.0 Å². The first-order valence-corrected chi connectivity index (χ1v) is 6.75. The number of benzene rings is 2. The molecule has 0 atom stereocenters. The van der Waals surface area contributed by atoms with Crippen molar-refractivity contribution in [2.75, 3.05) is 6.54 Å². The molecule has 0 bridgehead atoms. The second kappa shape index (κ2) is 6.87. The molecule has 0 unspecified atom stereocenters. The summed E-state index contributed by atoms with van der Waals surface area (Å²) in [6, 6.07) is 15.4. The number of rotatable bonds is 6. The van der Waals surface area contributed by atoms with Gasteiger partial charge >= 0.3 is 5.97 Å². The van der Waals surface area contributed by atoms with Gasteiger partial charge in [-0.05, 0) is 42.6 Å². The first-order valence-electron chi connectivity index (χ1n) is 6.75. The summed E-state index contributed by atoms with van der Waals surface area (Å²) in [5.41, 5.74) is 3.81. The minimum absolute atomic E-state index is 0.371. The number of hydrogen-bond donors (Lipinski definition) is 2. The van der Waals surface area contributed by atoms with Crippen molar-refractivity contribution >= 4 is 5.97 Å². The minimum atomic E-state index is -0.874. The normalized spacial score (nSPS) is 10.4. The average molecular weight is 269 g/mol. The maximum Gasteiger partial charge on any atom is 0.336 e. The van der Waals surface area contributed by atoms with Crippen molar-refractivity contribution in [1.82, 2.24) is 5.32 Å². The van der Waals surface area contributed by atoms with E-state index in [4.69, 9.17) is 5.11 Å². The van der Waals surface area contributed by atoms with Crippen LogP contribution in [-0.4, -0.2) is 17.6 Å². The second-order valence-corrected chi connectivity index (χ2v) is 4.82. The van der Waals surface area contributed by atoms with Crippen LogP contribution in [0.2, 0.25) is 0 Å². The van der Waals surface area contributed by atoms with E-state index in [9.17, 15) is 4.79 Å². The number of nitrogens with one attached hydrogen (secondary N) is 1. The van der Waals surface area contributed by atoms with Gasteiger partial charge < -0.3 is 10.4 Å². The van der Waals surface area contributed by atoms with Gasteiger partial charge in [0.15, 0.2) is 0 Å². The van der Waals surface area contributed by atoms with Crippen LogP contribution < -0.4 is 5.32 Å². The summed E-state index contributed by atoms with van der Waals surface area (Å²) in [7, 11) is 0. The summed E-state index contributed by atoms with van der Waals surface area (Å²) in [5, 5.41) is 12.4. The molecule has 0 saturated heterocycles. The summed E-state index contributed by atoms with van der Waals surface area (Å²) >= 11 is 0. The number of carbonyl (C=O) groups is 1. The minimum Gasteiger partial charge on any atom is -0.478 e. The van der Waals surface area contributed by atoms with E-state index in [-0.39, 0.29) is 0 Å². The highest BCUT2D eigenvalue weighted by Crippen LogP contribution is 2.09. The fourth-order valence-corrected chi connectivity index (χ4v) is 2.22. The summed E-state index contributed by atoms with van der Waals surface area (Å²) in [6.45, 7) is 3.52. The molecule has 0 aliphatic carbocycles. The maximum absolute atomic E-state index is 11.1. The van der Waals surface area contributed by atoms with E-state index < -0.39 is 5.97 Å². The molecule has 2 aromatic rings. The fraction of sp³-hybridized carbons (Fsp3) is 0.235. The Morgan fingerprint density at radius 3 is 2.40 bits per heavy atom. The molecule has 0 aliphatic heterocycles. The van der Waals surface area contributed by atoms with Crippen LogP contribution in [0.5, 0.6) is 0 Å². The molecule has 2 aromatic carbocycles. The van der Waals surface area contributed by atoms with E-state index in [0.717, 1.165) is 18.5 Å². The van der Waals surface area contributed by atoms with Gasteiger partial charge in [0.25, 0.3) is 0 Å². The Balaban J connectivity index is 1.88. The Morgan fingerprint density at radius 1 is 1.05 bits per heavy atom. The second-order valence-electron chi connectivity index (χ2n) is 4.82. The van der Waals surface area contributed by atoms with E-state index in [2.05, 4.69) is 24.4 Å². The summed E-state index contributed by atoms with van der Waals surface area (Å²) < 4.78 is 0. The maximum atomic E-state index is 11.1. The molecular weight excluding hydrogens is 250 g/mol. The fourth-order valence-electron chi connectivity index (χ4n) is 2.22. The third-order valence-corrected chi connectivity index (χ3v) is 3.40. The summed E-state index contributed by atoms with van der Waals surface area (Å²) in [4.78, 5) is 11.1. The quantitative estimate of drug-likeness (QED) is 0.792. The molecular formula is C17H19NO2. The van der Waals surface area contributed by atoms with Gasteiger partial charge in [0.05, 0.1) is 5.56 Å². The van der Waals surface area contributed by atoms with Crippen LogP contribution in [0.1, 0.15) is 27.0 Å². The van der Waals surface area contributed by atoms with Crippen LogP contribution in [0.15, 0.2) is 48.5 Å². The number of aromatic carboxylic acids is 1. The van der Waals surface area contributed by atoms with Crippen molar-refractivity contribution in [1.29, 1.82) is 0 Å². The highest BCUT2D eigenvalue weighted by molar-refractivity contribution is 5.89. The summed E-state index contributed by atoms with van der Waals surface area (Å²) in [6.07, 6.45) is 0.946. The summed E-state index contributed by atoms with van der Waals surface area (Å²) in [5.74, 6) is -0.874. The predicted molar refractivity (Wildman–Crippen MR) is 80.0 cm³/mol. The van der Waals surface area contributed by atoms with Gasteiger partial charge in [-0.25, -0.2) is 4.79 Å². The monoisotopic (exact) mass is 269 g/mol. The number of aryl methyl sites for hydroxylation is 1. The van der Waals surface area contributed by atoms with Gasteiger partial charge in [-0.2, -0.15) is 0 Å². The topological polar surface area (TPSA) is 49.3 Å². The SMILES string of the molecule is Cc1ccccc1CCNCc1ccccc1C(=O)O. The Hall–Kier alpha value is -2.13. The van der Waals surface area contributed by atoms with Crippen molar-refractivity contribution in [2.45, 2.75) is 19.9 Å². The predicted octanol–water partition coefficient (Wildman–Crippen LogP) is 3.03. The first-order chi connectivity index (χ1) is 9.68. The van der Waals surface area contributed by atoms with E-state index in [1.165, 1.54) is 11.1 Å². The van der Waals surface area contributed by atoms with Crippen LogP contribution >= 0.6 is 0 Å². The Bertz CT molecular complexity index is 593. The lowest BCUT2D eigenvalue weighted by Gasteiger charge is -2.09. The molecule has 2 rings (SSSR count). The largest absolute Gasteiger partial charge is 0.478 e. The number of carboxylic acids is 1. The molecule has 2 N–H and O–H groups in total. The third kappa shape index (κ3) is 3.68. The molecule has 0 radical (unpaired) electrons. The van der Waals surface area contributed by atoms with Crippen molar-refractivity contribution < 1.29 is 9.90 Å². The van der Waals surface area contributed by atoms with Gasteiger partial charge in [0, 0.05) is 6.54 Å². The van der Waals surface area contributed by atoms with Gasteiger partial charge in [0.1, 0.15) is 0 Å². The van der Waals surface area contributed by atoms with Gasteiger partial charge in [-0.15, -0.1) is 0 Å². The molecule has 0 saturated carbocycles. The van der Waals surface area contributed by atoms with Crippen molar-refractivity contribution in [3.63, 3.8) is 0 Å². The molecule has 0 heterocycles. The van der Waals surface area contributed by atoms with Crippen molar-refractivity contribution in [3.8, 4) is 0 Å². The van der Waals surface area contributed by atoms with Gasteiger partial charge in [-0.3, -0.25) is 0 Å². The zero-order valence-electron chi connectivity index (χ0n) is 11.6. The highest BCUT2D eigenvalue weighted by Gasteiger charge is 2.07. The third-order valence-electron chi connectivity index (χ3n) is 3.40. The van der Waals surface area contributed by atoms with Crippen LogP contribution in [0, 0.1) is 6.92 Å².